The van der Waals surface area contributed by atoms with E-state index in [9.17, 15) is 0 Å². The Hall–Kier alpha value is -5.71. The molecule has 3 heterocycles. The third-order valence-electron chi connectivity index (χ3n) is 9.52. The van der Waals surface area contributed by atoms with Gasteiger partial charge in [0.1, 0.15) is 5.58 Å². The fourth-order valence-electron chi connectivity index (χ4n) is 6.68. The van der Waals surface area contributed by atoms with Crippen LogP contribution in [0.5, 0.6) is 0 Å². The normalized spacial score (nSPS) is 12.9. The summed E-state index contributed by atoms with van der Waals surface area (Å²) in [5.74, 6) is 0. The van der Waals surface area contributed by atoms with Crippen LogP contribution < -0.4 is 5.19 Å². The van der Waals surface area contributed by atoms with Crippen molar-refractivity contribution in [1.82, 2.24) is 9.97 Å². The molecule has 0 atom stereocenters. The second kappa shape index (κ2) is 17.0. The molecule has 0 N–H and O–H groups in total. The van der Waals surface area contributed by atoms with Crippen molar-refractivity contribution < 1.29 is 31.4 Å². The minimum absolute atomic E-state index is 0. The summed E-state index contributed by atoms with van der Waals surface area (Å²) in [5, 5.41) is 3.15. The van der Waals surface area contributed by atoms with E-state index in [0.717, 1.165) is 55.1 Å². The molecule has 5 heteroatoms. The van der Waals surface area contributed by atoms with Gasteiger partial charge in [0.25, 0.3) is 0 Å². The molecule has 0 saturated carbocycles. The number of fused-ring (bicyclic) bond motifs is 3. The molecule has 0 unspecified atom stereocenters. The molecule has 9 aromatic rings. The topological polar surface area (TPSA) is 38.9 Å². The second-order valence-corrected chi connectivity index (χ2v) is 19.5. The Bertz CT molecular complexity index is 2910. The van der Waals surface area contributed by atoms with Gasteiger partial charge in [-0.25, -0.2) is 0 Å². The van der Waals surface area contributed by atoms with E-state index in [1.807, 2.05) is 60.8 Å². The summed E-state index contributed by atoms with van der Waals surface area (Å²) in [6.45, 7) is 4.34. The minimum atomic E-state index is -2.18. The molecule has 0 bridgehead atoms. The van der Waals surface area contributed by atoms with E-state index in [0.29, 0.717) is 22.4 Å². The van der Waals surface area contributed by atoms with Crippen molar-refractivity contribution in [3.63, 3.8) is 0 Å². The average molecular weight is 924 g/mol. The maximum atomic E-state index is 8.88. The number of hydrogen-bond donors (Lipinski definition) is 0. The van der Waals surface area contributed by atoms with Crippen molar-refractivity contribution in [2.75, 3.05) is 0 Å². The predicted molar refractivity (Wildman–Crippen MR) is 232 cm³/mol. The molecule has 0 aliphatic heterocycles. The summed E-state index contributed by atoms with van der Waals surface area (Å²) >= 11 is 0. The van der Waals surface area contributed by atoms with Crippen molar-refractivity contribution in [3.8, 4) is 44.8 Å². The maximum Gasteiger partial charge on any atom is 0.121 e. The molecular weight excluding hydrogens is 877 g/mol. The van der Waals surface area contributed by atoms with Crippen LogP contribution in [0.25, 0.3) is 66.7 Å². The van der Waals surface area contributed by atoms with Crippen LogP contribution in [0.15, 0.2) is 175 Å². The van der Waals surface area contributed by atoms with Gasteiger partial charge in [-0.3, -0.25) is 0 Å². The van der Waals surface area contributed by atoms with Crippen molar-refractivity contribution in [1.29, 1.82) is 0 Å². The number of pyridine rings is 2. The number of hydrogen-bond acceptors (Lipinski definition) is 3. The Balaban J connectivity index is 0.000000182. The van der Waals surface area contributed by atoms with Crippen LogP contribution in [0.1, 0.15) is 23.5 Å². The van der Waals surface area contributed by atoms with E-state index < -0.39 is 21.3 Å². The predicted octanol–water partition coefficient (Wildman–Crippen LogP) is 12.8. The molecule has 0 aliphatic carbocycles. The number of rotatable bonds is 7. The monoisotopic (exact) mass is 924 g/mol. The van der Waals surface area contributed by atoms with Crippen LogP contribution >= 0.6 is 0 Å². The fraction of sp³-hybridized carbons (Fsp3) is 0.0980. The first-order valence-corrected chi connectivity index (χ1v) is 21.8. The summed E-state index contributed by atoms with van der Waals surface area (Å²) in [6.07, 6.45) is 1.96. The molecule has 277 valence electrons. The Morgan fingerprint density at radius 1 is 0.661 bits per heavy atom. The quantitative estimate of drug-likeness (QED) is 0.118. The van der Waals surface area contributed by atoms with Gasteiger partial charge in [0.05, 0.1) is 13.7 Å². The molecule has 0 fully saturated rings. The first-order valence-electron chi connectivity index (χ1n) is 20.8. The molecule has 0 saturated heterocycles. The second-order valence-electron chi connectivity index (χ2n) is 14.4. The number of benzene rings is 6. The standard InChI is InChI=1S/C29H18NO.C22H24NSi.Ir/c1-3-8-20(9-4-1)22-14-15-24-25-12-7-13-26(29(25)31-28(24)19-22)27-18-23(16-17-30-27)21-10-5-2-6-11-21;1-17-10-12-19(13-11-17)21-15-20(14-18-8-6-5-7-9-18)22(16-23-21)24(2,3)4;/h1-12,14-19H;5-12,15-16H,14H2,1-4H3;/q2*-1;/i;1D3,14D2;. The van der Waals surface area contributed by atoms with Gasteiger partial charge in [0.2, 0.25) is 0 Å². The zero-order valence-corrected chi connectivity index (χ0v) is 34.7. The van der Waals surface area contributed by atoms with E-state index in [1.54, 1.807) is 36.5 Å². The molecule has 3 aromatic heterocycles. The summed E-state index contributed by atoms with van der Waals surface area (Å²) in [6, 6.07) is 57.2. The molecule has 9 rings (SSSR count). The first-order chi connectivity index (χ1) is 28.8. The molecule has 0 aliphatic rings. The van der Waals surface area contributed by atoms with Crippen LogP contribution in [0.2, 0.25) is 19.6 Å². The third-order valence-corrected chi connectivity index (χ3v) is 11.5. The Morgan fingerprint density at radius 3 is 2.02 bits per heavy atom. The molecule has 1 radical (unpaired) electrons. The minimum Gasteiger partial charge on any atom is -0.501 e. The molecule has 0 spiro atoms. The number of aryl methyl sites for hydroxylation is 1. The smallest absolute Gasteiger partial charge is 0.121 e. The Kier molecular flexibility index (Phi) is 9.86. The fourth-order valence-corrected chi connectivity index (χ4v) is 8.08. The molecule has 0 amide bonds. The first kappa shape index (κ1) is 32.5. The van der Waals surface area contributed by atoms with E-state index in [-0.39, 0.29) is 25.7 Å². The van der Waals surface area contributed by atoms with Gasteiger partial charge >= 0.3 is 0 Å². The van der Waals surface area contributed by atoms with E-state index in [1.165, 1.54) is 11.6 Å². The summed E-state index contributed by atoms with van der Waals surface area (Å²) < 4.78 is 46.7. The van der Waals surface area contributed by atoms with Crippen molar-refractivity contribution >= 4 is 35.2 Å². The van der Waals surface area contributed by atoms with Crippen molar-refractivity contribution in [2.45, 2.75) is 32.9 Å². The van der Waals surface area contributed by atoms with E-state index in [2.05, 4.69) is 108 Å². The molecule has 56 heavy (non-hydrogen) atoms. The van der Waals surface area contributed by atoms with Crippen LogP contribution in [0.4, 0.5) is 0 Å². The molecular formula is C51H42IrN2OSi-2. The van der Waals surface area contributed by atoms with Crippen molar-refractivity contribution in [2.24, 2.45) is 0 Å². The van der Waals surface area contributed by atoms with Crippen LogP contribution in [0, 0.1) is 19.0 Å². The SMILES string of the molecule is [2H]C([2H])([2H])c1c[c-]c(-c2cc(C([2H])([2H])c3ccccc3)c([Si](C)(C)C)cn2)cc1.[Ir].[c-]1ccc2c(oc3cc(-c4ccccc4)ccc32)c1-c1cc(-c2ccccc2)ccn1. The van der Waals surface area contributed by atoms with Gasteiger partial charge in [0, 0.05) is 44.7 Å². The average Bonchev–Trinajstić information content (AvgIpc) is 3.65. The molecule has 6 aromatic carbocycles. The van der Waals surface area contributed by atoms with Gasteiger partial charge in [-0.1, -0.05) is 158 Å². The zero-order chi connectivity index (χ0) is 42.1. The molecule has 3 nitrogen and oxygen atoms in total. The number of aromatic nitrogens is 2. The van der Waals surface area contributed by atoms with Crippen molar-refractivity contribution in [3.05, 3.63) is 199 Å². The third kappa shape index (κ3) is 8.56. The van der Waals surface area contributed by atoms with Gasteiger partial charge in [-0.15, -0.1) is 53.6 Å². The van der Waals surface area contributed by atoms with Gasteiger partial charge in [-0.2, -0.15) is 0 Å². The van der Waals surface area contributed by atoms with Crippen LogP contribution in [-0.2, 0) is 26.5 Å². The number of nitrogens with zero attached hydrogens (tertiary/aromatic N) is 2. The Labute approximate surface area is 351 Å². The number of furan rings is 1. The Morgan fingerprint density at radius 2 is 1.36 bits per heavy atom. The maximum absolute atomic E-state index is 8.88. The van der Waals surface area contributed by atoms with Crippen LogP contribution in [-0.4, -0.2) is 18.0 Å². The van der Waals surface area contributed by atoms with Gasteiger partial charge in [-0.05, 0) is 62.9 Å². The largest absolute Gasteiger partial charge is 0.501 e. The zero-order valence-electron chi connectivity index (χ0n) is 36.3. The van der Waals surface area contributed by atoms with E-state index >= 15 is 0 Å². The van der Waals surface area contributed by atoms with Gasteiger partial charge in [0.15, 0.2) is 0 Å². The summed E-state index contributed by atoms with van der Waals surface area (Å²) in [7, 11) is -1.87. The summed E-state index contributed by atoms with van der Waals surface area (Å²) in [5.41, 5.74) is 10.7. The summed E-state index contributed by atoms with van der Waals surface area (Å²) in [4.78, 5) is 9.20. The van der Waals surface area contributed by atoms with Gasteiger partial charge < -0.3 is 14.4 Å². The van der Waals surface area contributed by atoms with Crippen LogP contribution in [0.3, 0.4) is 0 Å². The van der Waals surface area contributed by atoms with E-state index in [4.69, 9.17) is 11.3 Å².